The maximum atomic E-state index is 14.4. The summed E-state index contributed by atoms with van der Waals surface area (Å²) in [4.78, 5) is 51.2. The van der Waals surface area contributed by atoms with Crippen LogP contribution in [-0.2, 0) is 61.2 Å². The summed E-state index contributed by atoms with van der Waals surface area (Å²) < 4.78 is 65.2. The average Bonchev–Trinajstić information content (AvgIpc) is 0.761. The molecule has 2 heterocycles. The Morgan fingerprint density at radius 3 is 1.17 bits per heavy atom. The van der Waals surface area contributed by atoms with Crippen molar-refractivity contribution >= 4 is 25.7 Å². The van der Waals surface area contributed by atoms with Crippen LogP contribution in [-0.4, -0.2) is 204 Å². The zero-order chi connectivity index (χ0) is 74.8. The van der Waals surface area contributed by atoms with Crippen LogP contribution in [0.5, 0.6) is 0 Å². The number of rotatable bonds is 63. The number of esters is 3. The molecule has 0 bridgehead atoms. The van der Waals surface area contributed by atoms with E-state index in [1.807, 2.05) is 0 Å². The average molecular weight is 1480 g/mol. The Hall–Kier alpha value is -2.30. The highest BCUT2D eigenvalue weighted by molar-refractivity contribution is 7.47. The number of ether oxygens (including phenoxy) is 7. The maximum absolute atomic E-state index is 14.4. The number of unbranched alkanes of at least 4 members (excludes halogenated alkanes) is 36. The van der Waals surface area contributed by atoms with Crippen molar-refractivity contribution in [2.24, 2.45) is 5.92 Å². The second kappa shape index (κ2) is 57.8. The SMILES string of the molecule is CCCCCC/C=C\CCCCCCCCCC(=O)OC(COC(=O)CCCCCCCCCCCCCCCCCC)COP(=O)(O)OC1C(OC2OC(CO)C(O)C(O)C2O)C(O)C(O)C(O)C1OC1OC(COC(=O)CCCCCCCCC(C)CCCCCCCC)C(O)C(O)C1O. The van der Waals surface area contributed by atoms with E-state index in [4.69, 9.17) is 42.2 Å². The zero-order valence-corrected chi connectivity index (χ0v) is 64.0. The molecule has 2 saturated heterocycles. The molecule has 102 heavy (non-hydrogen) atoms. The Balaban J connectivity index is 1.71. The number of carbonyl (C=O) groups excluding carboxylic acids is 3. The predicted molar refractivity (Wildman–Crippen MR) is 388 cm³/mol. The molecule has 19 atom stereocenters. The maximum Gasteiger partial charge on any atom is 0.472 e. The summed E-state index contributed by atoms with van der Waals surface area (Å²) in [7, 11) is -5.70. The van der Waals surface area contributed by atoms with Crippen molar-refractivity contribution in [3.8, 4) is 0 Å². The third-order valence-corrected chi connectivity index (χ3v) is 21.2. The standard InChI is InChI=1S/C77H143O24P/c1-5-8-11-14-17-19-21-23-25-27-28-30-32-34-40-45-50-61(79)93-54-58(96-63(81)52-47-42-35-33-31-29-26-24-22-20-18-15-12-9-6-2)55-95-102(91,92)101-75-73(99-76-71(89)66(84)64(82)59(53-78)97-76)69(87)68(86)70(88)74(75)100-77-72(90)67(85)65(83)60(98-77)56-94-62(80)51-46-41-37-36-39-44-49-57(4)48-43-38-16-13-10-7-3/h20,22,57-60,64-78,82-90H,5-19,21,23-56H2,1-4H3,(H,91,92)/b22-20-. The highest BCUT2D eigenvalue weighted by atomic mass is 31.2. The smallest absolute Gasteiger partial charge is 0.463 e. The third-order valence-electron chi connectivity index (χ3n) is 20.2. The fraction of sp³-hybridized carbons (Fsp3) is 0.935. The second-order valence-corrected chi connectivity index (χ2v) is 30.8. The molecule has 0 aromatic carbocycles. The largest absolute Gasteiger partial charge is 0.472 e. The van der Waals surface area contributed by atoms with E-state index in [2.05, 4.69) is 39.8 Å². The van der Waals surface area contributed by atoms with Gasteiger partial charge in [0.1, 0.15) is 98.7 Å². The lowest BCUT2D eigenvalue weighted by atomic mass is 9.84. The van der Waals surface area contributed by atoms with Gasteiger partial charge in [-0.15, -0.1) is 0 Å². The molecule has 3 rings (SSSR count). The minimum absolute atomic E-state index is 0.0298. The first-order chi connectivity index (χ1) is 49.2. The van der Waals surface area contributed by atoms with Crippen LogP contribution in [0.15, 0.2) is 12.2 Å². The van der Waals surface area contributed by atoms with E-state index in [0.29, 0.717) is 25.2 Å². The molecule has 600 valence electrons. The second-order valence-electron chi connectivity index (χ2n) is 29.4. The molecule has 3 fully saturated rings. The molecule has 11 N–H and O–H groups in total. The van der Waals surface area contributed by atoms with E-state index in [1.54, 1.807) is 0 Å². The molecule has 0 amide bonds. The Bertz CT molecular complexity index is 2160. The van der Waals surface area contributed by atoms with Gasteiger partial charge in [-0.05, 0) is 50.9 Å². The molecular weight excluding hydrogens is 1340 g/mol. The third kappa shape index (κ3) is 40.2. The van der Waals surface area contributed by atoms with Gasteiger partial charge in [0.15, 0.2) is 18.7 Å². The van der Waals surface area contributed by atoms with Crippen LogP contribution in [0.25, 0.3) is 0 Å². The van der Waals surface area contributed by atoms with E-state index in [1.165, 1.54) is 148 Å². The minimum Gasteiger partial charge on any atom is -0.463 e. The van der Waals surface area contributed by atoms with Crippen LogP contribution < -0.4 is 0 Å². The molecule has 0 spiro atoms. The van der Waals surface area contributed by atoms with Crippen LogP contribution in [0.3, 0.4) is 0 Å². The predicted octanol–water partition coefficient (Wildman–Crippen LogP) is 12.2. The van der Waals surface area contributed by atoms with Gasteiger partial charge in [0.2, 0.25) is 0 Å². The molecule has 25 heteroatoms. The molecular formula is C77H143O24P. The molecule has 24 nitrogen and oxygen atoms in total. The summed E-state index contributed by atoms with van der Waals surface area (Å²) >= 11 is 0. The Morgan fingerprint density at radius 2 is 0.745 bits per heavy atom. The quantitative estimate of drug-likeness (QED) is 0.00886. The van der Waals surface area contributed by atoms with Crippen LogP contribution in [0.4, 0.5) is 0 Å². The molecule has 0 radical (unpaired) electrons. The fourth-order valence-electron chi connectivity index (χ4n) is 13.5. The van der Waals surface area contributed by atoms with Gasteiger partial charge >= 0.3 is 25.7 Å². The molecule has 0 aromatic rings. The van der Waals surface area contributed by atoms with Crippen molar-refractivity contribution in [2.75, 3.05) is 26.4 Å². The van der Waals surface area contributed by atoms with E-state index >= 15 is 0 Å². The molecule has 1 saturated carbocycles. The van der Waals surface area contributed by atoms with Crippen molar-refractivity contribution in [1.29, 1.82) is 0 Å². The molecule has 3 aliphatic rings. The number of carbonyl (C=O) groups is 3. The summed E-state index contributed by atoms with van der Waals surface area (Å²) in [5.74, 6) is -1.29. The Kier molecular flexibility index (Phi) is 53.2. The van der Waals surface area contributed by atoms with Crippen molar-refractivity contribution < 1.29 is 117 Å². The fourth-order valence-corrected chi connectivity index (χ4v) is 14.5. The highest BCUT2D eigenvalue weighted by Crippen LogP contribution is 2.49. The van der Waals surface area contributed by atoms with E-state index in [0.717, 1.165) is 109 Å². The summed E-state index contributed by atoms with van der Waals surface area (Å²) in [6, 6.07) is 0. The van der Waals surface area contributed by atoms with Crippen molar-refractivity contribution in [3.05, 3.63) is 12.2 Å². The van der Waals surface area contributed by atoms with E-state index in [-0.39, 0.29) is 19.3 Å². The van der Waals surface area contributed by atoms with Gasteiger partial charge in [-0.25, -0.2) is 4.57 Å². The van der Waals surface area contributed by atoms with Crippen molar-refractivity contribution in [3.63, 3.8) is 0 Å². The topological polar surface area (TPSA) is 374 Å². The van der Waals surface area contributed by atoms with Crippen molar-refractivity contribution in [2.45, 2.75) is 427 Å². The molecule has 0 aromatic heterocycles. The highest BCUT2D eigenvalue weighted by Gasteiger charge is 2.58. The van der Waals surface area contributed by atoms with Gasteiger partial charge in [0.05, 0.1) is 13.2 Å². The summed E-state index contributed by atoms with van der Waals surface area (Å²) in [5, 5.41) is 110. The number of phosphoric ester groups is 1. The lowest BCUT2D eigenvalue weighted by molar-refractivity contribution is -0.360. The van der Waals surface area contributed by atoms with Crippen LogP contribution >= 0.6 is 7.82 Å². The van der Waals surface area contributed by atoms with Gasteiger partial charge in [-0.2, -0.15) is 0 Å². The number of hydrogen-bond acceptors (Lipinski definition) is 23. The van der Waals surface area contributed by atoms with Gasteiger partial charge in [0, 0.05) is 19.3 Å². The summed E-state index contributed by atoms with van der Waals surface area (Å²) in [6.07, 6.45) is 16.8. The normalized spacial score (nSPS) is 27.4. The number of allylic oxidation sites excluding steroid dienone is 2. The summed E-state index contributed by atoms with van der Waals surface area (Å²) in [5.41, 5.74) is 0. The number of aliphatic hydroxyl groups is 10. The molecule has 2 aliphatic heterocycles. The number of hydrogen-bond donors (Lipinski definition) is 11. The monoisotopic (exact) mass is 1480 g/mol. The van der Waals surface area contributed by atoms with Gasteiger partial charge < -0.3 is 89.1 Å². The van der Waals surface area contributed by atoms with E-state index in [9.17, 15) is 74.9 Å². The Morgan fingerprint density at radius 1 is 0.402 bits per heavy atom. The van der Waals surface area contributed by atoms with Crippen molar-refractivity contribution in [1.82, 2.24) is 0 Å². The number of phosphoric acid groups is 1. The first kappa shape index (κ1) is 93.9. The van der Waals surface area contributed by atoms with Crippen LogP contribution in [0.2, 0.25) is 0 Å². The summed E-state index contributed by atoms with van der Waals surface area (Å²) in [6.45, 7) is 5.79. The van der Waals surface area contributed by atoms with Gasteiger partial charge in [0.25, 0.3) is 0 Å². The van der Waals surface area contributed by atoms with Gasteiger partial charge in [-0.3, -0.25) is 23.4 Å². The van der Waals surface area contributed by atoms with Gasteiger partial charge in [-0.1, -0.05) is 271 Å². The zero-order valence-electron chi connectivity index (χ0n) is 63.1. The Labute approximate surface area is 612 Å². The lowest BCUT2D eigenvalue weighted by Crippen LogP contribution is -2.69. The molecule has 19 unspecified atom stereocenters. The first-order valence-electron chi connectivity index (χ1n) is 40.4. The minimum atomic E-state index is -5.70. The number of aliphatic hydroxyl groups excluding tert-OH is 10. The molecule has 1 aliphatic carbocycles. The van der Waals surface area contributed by atoms with Crippen LogP contribution in [0.1, 0.15) is 323 Å². The van der Waals surface area contributed by atoms with E-state index < -0.39 is 156 Å². The van der Waals surface area contributed by atoms with Crippen LogP contribution in [0, 0.1) is 5.92 Å². The first-order valence-corrected chi connectivity index (χ1v) is 41.9. The lowest BCUT2D eigenvalue weighted by Gasteiger charge is -2.49.